The Labute approximate surface area is 198 Å². The fourth-order valence-corrected chi connectivity index (χ4v) is 5.52. The van der Waals surface area contributed by atoms with Crippen LogP contribution in [0.15, 0.2) is 59.1 Å². The molecule has 0 spiro atoms. The van der Waals surface area contributed by atoms with Crippen LogP contribution in [0, 0.1) is 5.92 Å². The molecule has 0 saturated carbocycles. The van der Waals surface area contributed by atoms with Crippen molar-refractivity contribution in [1.82, 2.24) is 4.90 Å². The lowest BCUT2D eigenvalue weighted by Gasteiger charge is -2.43. The van der Waals surface area contributed by atoms with E-state index in [2.05, 4.69) is 18.7 Å². The van der Waals surface area contributed by atoms with Crippen LogP contribution < -0.4 is 5.73 Å². The first-order valence-electron chi connectivity index (χ1n) is 10.3. The first-order valence-corrected chi connectivity index (χ1v) is 12.0. The minimum atomic E-state index is -0.775. The van der Waals surface area contributed by atoms with Gasteiger partial charge in [-0.25, -0.2) is 4.79 Å². The average Bonchev–Trinajstić information content (AvgIpc) is 3.15. The highest BCUT2D eigenvalue weighted by Gasteiger charge is 2.43. The van der Waals surface area contributed by atoms with Crippen LogP contribution in [-0.2, 0) is 15.1 Å². The maximum Gasteiger partial charge on any atom is 0.346 e. The molecule has 1 aliphatic rings. The van der Waals surface area contributed by atoms with Crippen molar-refractivity contribution in [2.45, 2.75) is 39.3 Å². The summed E-state index contributed by atoms with van der Waals surface area (Å²) in [6, 6.07) is 15.1. The number of nitrogens with zero attached hydrogens (tertiary/aromatic N) is 1. The second-order valence-corrected chi connectivity index (χ2v) is 9.90. The number of benzene rings is 2. The molecule has 2 N–H and O–H groups in total. The van der Waals surface area contributed by atoms with Crippen molar-refractivity contribution < 1.29 is 9.53 Å². The number of carbonyl (C=O) groups excluding carboxylic acids is 1. The predicted molar refractivity (Wildman–Crippen MR) is 130 cm³/mol. The van der Waals surface area contributed by atoms with Crippen LogP contribution in [0.4, 0.5) is 0 Å². The molecule has 4 nitrogen and oxygen atoms in total. The smallest absolute Gasteiger partial charge is 0.346 e. The lowest BCUT2D eigenvalue weighted by Crippen LogP contribution is -2.47. The van der Waals surface area contributed by atoms with Gasteiger partial charge >= 0.3 is 5.97 Å². The van der Waals surface area contributed by atoms with Crippen LogP contribution in [0.5, 0.6) is 0 Å². The molecule has 0 bridgehead atoms. The van der Waals surface area contributed by atoms with Crippen LogP contribution in [0.1, 0.15) is 44.9 Å². The van der Waals surface area contributed by atoms with Crippen molar-refractivity contribution in [3.8, 4) is 0 Å². The van der Waals surface area contributed by atoms with Gasteiger partial charge in [-0.1, -0.05) is 73.1 Å². The molecule has 1 heterocycles. The predicted octanol–water partition coefficient (Wildman–Crippen LogP) is 6.35. The summed E-state index contributed by atoms with van der Waals surface area (Å²) in [6.45, 7) is 8.35. The zero-order valence-corrected chi connectivity index (χ0v) is 20.5. The summed E-state index contributed by atoms with van der Waals surface area (Å²) in [5.41, 5.74) is 9.21. The molecule has 2 aromatic rings. The van der Waals surface area contributed by atoms with E-state index in [1.54, 1.807) is 0 Å². The van der Waals surface area contributed by atoms with Gasteiger partial charge in [-0.3, -0.25) is 0 Å². The van der Waals surface area contributed by atoms with Crippen molar-refractivity contribution in [3.05, 3.63) is 80.3 Å². The standard InChI is InChI=1S/C24H28Cl2N2O2S/c1-5-30-23(29)21-20(15(2)3)28(14-31-21)22(16-6-10-18(25)11-7-16)24(4,27)17-8-12-19(26)13-9-17/h6-13,15,22H,5,14,27H2,1-4H3/t22?,24-/m0/s1. The molecule has 2 atom stereocenters. The van der Waals surface area contributed by atoms with E-state index < -0.39 is 5.54 Å². The molecule has 1 aliphatic heterocycles. The van der Waals surface area contributed by atoms with Crippen LogP contribution in [0.25, 0.3) is 0 Å². The highest BCUT2D eigenvalue weighted by atomic mass is 35.5. The molecule has 0 amide bonds. The summed E-state index contributed by atoms with van der Waals surface area (Å²) >= 11 is 13.8. The van der Waals surface area contributed by atoms with E-state index in [-0.39, 0.29) is 17.9 Å². The molecule has 1 unspecified atom stereocenters. The number of nitrogens with two attached hydrogens (primary N) is 1. The van der Waals surface area contributed by atoms with Crippen LogP contribution in [0.3, 0.4) is 0 Å². The molecule has 0 aromatic heterocycles. The first-order chi connectivity index (χ1) is 14.7. The third-order valence-electron chi connectivity index (χ3n) is 5.43. The topological polar surface area (TPSA) is 55.6 Å². The highest BCUT2D eigenvalue weighted by molar-refractivity contribution is 8.04. The van der Waals surface area contributed by atoms with Crippen molar-refractivity contribution >= 4 is 40.9 Å². The maximum atomic E-state index is 12.7. The number of ether oxygens (including phenoxy) is 1. The highest BCUT2D eigenvalue weighted by Crippen LogP contribution is 2.47. The van der Waals surface area contributed by atoms with Crippen molar-refractivity contribution in [2.75, 3.05) is 12.5 Å². The molecule has 166 valence electrons. The van der Waals surface area contributed by atoms with Gasteiger partial charge in [0.2, 0.25) is 0 Å². The Bertz CT molecular complexity index is 957. The largest absolute Gasteiger partial charge is 0.462 e. The third kappa shape index (κ3) is 5.06. The Morgan fingerprint density at radius 1 is 1.13 bits per heavy atom. The van der Waals surface area contributed by atoms with Crippen molar-refractivity contribution in [3.63, 3.8) is 0 Å². The van der Waals surface area contributed by atoms with Gasteiger partial charge in [0.05, 0.1) is 24.1 Å². The summed E-state index contributed by atoms with van der Waals surface area (Å²) in [4.78, 5) is 15.6. The minimum absolute atomic E-state index is 0.116. The second kappa shape index (κ2) is 9.86. The van der Waals surface area contributed by atoms with Gasteiger partial charge in [-0.2, -0.15) is 0 Å². The normalized spacial score (nSPS) is 17.1. The van der Waals surface area contributed by atoms with Crippen LogP contribution in [0.2, 0.25) is 10.0 Å². The SMILES string of the molecule is CCOC(=O)C1=C(C(C)C)N(C(c2ccc(Cl)cc2)[C@@](C)(N)c2ccc(Cl)cc2)CS1. The van der Waals surface area contributed by atoms with Gasteiger partial charge in [0.15, 0.2) is 0 Å². The summed E-state index contributed by atoms with van der Waals surface area (Å²) in [7, 11) is 0. The van der Waals surface area contributed by atoms with Crippen LogP contribution >= 0.6 is 35.0 Å². The van der Waals surface area contributed by atoms with E-state index in [9.17, 15) is 4.79 Å². The molecule has 31 heavy (non-hydrogen) atoms. The van der Waals surface area contributed by atoms with Gasteiger partial charge in [-0.05, 0) is 55.2 Å². The quantitative estimate of drug-likeness (QED) is 0.470. The molecular weight excluding hydrogens is 451 g/mol. The number of carbonyl (C=O) groups is 1. The molecule has 7 heteroatoms. The zero-order valence-electron chi connectivity index (χ0n) is 18.2. The Kier molecular flexibility index (Phi) is 7.63. The summed E-state index contributed by atoms with van der Waals surface area (Å²) < 4.78 is 5.33. The van der Waals surface area contributed by atoms with E-state index in [1.807, 2.05) is 62.4 Å². The number of hydrogen-bond acceptors (Lipinski definition) is 5. The summed E-state index contributed by atoms with van der Waals surface area (Å²) in [5.74, 6) is 0.444. The number of thioether (sulfide) groups is 1. The fourth-order valence-electron chi connectivity index (χ4n) is 4.04. The van der Waals surface area contributed by atoms with Gasteiger partial charge in [0.1, 0.15) is 4.91 Å². The molecule has 0 aliphatic carbocycles. The Morgan fingerprint density at radius 2 is 1.68 bits per heavy atom. The summed E-state index contributed by atoms with van der Waals surface area (Å²) in [6.07, 6.45) is 0. The molecule has 3 rings (SSSR count). The first kappa shape index (κ1) is 24.0. The lowest BCUT2D eigenvalue weighted by atomic mass is 9.80. The third-order valence-corrected chi connectivity index (χ3v) is 7.01. The van der Waals surface area contributed by atoms with E-state index in [4.69, 9.17) is 33.7 Å². The van der Waals surface area contributed by atoms with Gasteiger partial charge in [0, 0.05) is 15.7 Å². The van der Waals surface area contributed by atoms with E-state index in [1.165, 1.54) is 11.8 Å². The lowest BCUT2D eigenvalue weighted by molar-refractivity contribution is -0.137. The fraction of sp³-hybridized carbons (Fsp3) is 0.375. The van der Waals surface area contributed by atoms with E-state index in [0.717, 1.165) is 16.8 Å². The summed E-state index contributed by atoms with van der Waals surface area (Å²) in [5, 5.41) is 1.32. The van der Waals surface area contributed by atoms with E-state index >= 15 is 0 Å². The van der Waals surface area contributed by atoms with E-state index in [0.29, 0.717) is 27.4 Å². The molecule has 0 radical (unpaired) electrons. The van der Waals surface area contributed by atoms with Gasteiger partial charge < -0.3 is 15.4 Å². The number of esters is 1. The monoisotopic (exact) mass is 478 g/mol. The van der Waals surface area contributed by atoms with Crippen molar-refractivity contribution in [1.29, 1.82) is 0 Å². The van der Waals surface area contributed by atoms with Gasteiger partial charge in [-0.15, -0.1) is 0 Å². The Morgan fingerprint density at radius 3 is 2.19 bits per heavy atom. The van der Waals surface area contributed by atoms with Gasteiger partial charge in [0.25, 0.3) is 0 Å². The zero-order chi connectivity index (χ0) is 22.8. The molecule has 0 saturated heterocycles. The second-order valence-electron chi connectivity index (χ2n) is 8.08. The molecular formula is C24H28Cl2N2O2S. The number of rotatable bonds is 7. The van der Waals surface area contributed by atoms with Crippen LogP contribution in [-0.4, -0.2) is 23.4 Å². The molecule has 0 fully saturated rings. The average molecular weight is 479 g/mol. The Balaban J connectivity index is 2.15. The minimum Gasteiger partial charge on any atom is -0.462 e. The Hall–Kier alpha value is -1.66. The van der Waals surface area contributed by atoms with Crippen molar-refractivity contribution in [2.24, 2.45) is 11.7 Å². The number of hydrogen-bond donors (Lipinski definition) is 1. The number of allylic oxidation sites excluding steroid dienone is 1. The maximum absolute atomic E-state index is 12.7. The molecule has 2 aromatic carbocycles. The number of halogens is 2.